The summed E-state index contributed by atoms with van der Waals surface area (Å²) < 4.78 is 36.1. The lowest BCUT2D eigenvalue weighted by molar-refractivity contribution is -0.148. The summed E-state index contributed by atoms with van der Waals surface area (Å²) in [7, 11) is -3.38. The van der Waals surface area contributed by atoms with Crippen molar-refractivity contribution in [2.45, 2.75) is 6.54 Å². The van der Waals surface area contributed by atoms with E-state index in [1.807, 2.05) is 18.2 Å². The zero-order valence-electron chi connectivity index (χ0n) is 14.6. The Morgan fingerprint density at radius 3 is 2.62 bits per heavy atom. The van der Waals surface area contributed by atoms with Gasteiger partial charge in [-0.15, -0.1) is 0 Å². The number of carbonyl (C=O) groups is 1. The van der Waals surface area contributed by atoms with Crippen LogP contribution in [0.1, 0.15) is 5.56 Å². The number of sulfonamides is 1. The Bertz CT molecular complexity index is 842. The van der Waals surface area contributed by atoms with Crippen molar-refractivity contribution in [1.82, 2.24) is 9.21 Å². The van der Waals surface area contributed by atoms with Crippen molar-refractivity contribution in [2.24, 2.45) is 11.3 Å². The maximum Gasteiger partial charge on any atom is 0.312 e. The van der Waals surface area contributed by atoms with Crippen LogP contribution in [0.3, 0.4) is 0 Å². The van der Waals surface area contributed by atoms with Crippen LogP contribution in [-0.4, -0.2) is 74.3 Å². The Morgan fingerprint density at radius 1 is 1.23 bits per heavy atom. The molecule has 0 radical (unpaired) electrons. The Labute approximate surface area is 152 Å². The first-order valence-corrected chi connectivity index (χ1v) is 10.4. The van der Waals surface area contributed by atoms with Crippen LogP contribution in [0.25, 0.3) is 0 Å². The molecule has 4 rings (SSSR count). The van der Waals surface area contributed by atoms with Crippen LogP contribution < -0.4 is 9.47 Å². The lowest BCUT2D eigenvalue weighted by Crippen LogP contribution is -2.41. The molecule has 0 aromatic heterocycles. The number of likely N-dealkylation sites (tertiary alicyclic amines) is 1. The number of hydrogen-bond acceptors (Lipinski definition) is 6. The summed E-state index contributed by atoms with van der Waals surface area (Å²) in [6, 6.07) is 5.76. The summed E-state index contributed by atoms with van der Waals surface area (Å²) in [6.45, 7) is 2.87. The summed E-state index contributed by atoms with van der Waals surface area (Å²) >= 11 is 0. The standard InChI is InChI=1S/C17H22N2O6S/c1-26(22,23)19-9-13-8-18(10-17(13,11-19)16(20)21)7-12-2-3-14-15(6-12)25-5-4-24-14/h2-3,6,13H,4-5,7-11H2,1H3,(H,20,21). The minimum Gasteiger partial charge on any atom is -0.486 e. The first-order chi connectivity index (χ1) is 12.3. The number of carboxylic acid groups (broad SMARTS) is 1. The van der Waals surface area contributed by atoms with Crippen molar-refractivity contribution < 1.29 is 27.8 Å². The van der Waals surface area contributed by atoms with Crippen LogP contribution in [0.5, 0.6) is 11.5 Å². The fraction of sp³-hybridized carbons (Fsp3) is 0.588. The van der Waals surface area contributed by atoms with Crippen LogP contribution in [0.15, 0.2) is 18.2 Å². The van der Waals surface area contributed by atoms with Crippen LogP contribution in [0.2, 0.25) is 0 Å². The van der Waals surface area contributed by atoms with Crippen molar-refractivity contribution in [2.75, 3.05) is 45.6 Å². The quantitative estimate of drug-likeness (QED) is 0.797. The van der Waals surface area contributed by atoms with Crippen LogP contribution >= 0.6 is 0 Å². The van der Waals surface area contributed by atoms with Gasteiger partial charge in [0.15, 0.2) is 11.5 Å². The van der Waals surface area contributed by atoms with Gasteiger partial charge in [0.1, 0.15) is 13.2 Å². The number of rotatable bonds is 4. The third-order valence-electron chi connectivity index (χ3n) is 5.56. The van der Waals surface area contributed by atoms with Gasteiger partial charge in [-0.05, 0) is 17.7 Å². The minimum absolute atomic E-state index is 0.0451. The van der Waals surface area contributed by atoms with Crippen molar-refractivity contribution in [3.63, 3.8) is 0 Å². The molecule has 1 aromatic carbocycles. The van der Waals surface area contributed by atoms with Crippen molar-refractivity contribution in [1.29, 1.82) is 0 Å². The molecule has 3 aliphatic heterocycles. The molecule has 8 nitrogen and oxygen atoms in total. The van der Waals surface area contributed by atoms with E-state index in [-0.39, 0.29) is 19.0 Å². The minimum atomic E-state index is -3.38. The number of fused-ring (bicyclic) bond motifs is 2. The average molecular weight is 382 g/mol. The summed E-state index contributed by atoms with van der Waals surface area (Å²) in [6.07, 6.45) is 1.14. The van der Waals surface area contributed by atoms with Gasteiger partial charge in [-0.3, -0.25) is 9.69 Å². The second-order valence-electron chi connectivity index (χ2n) is 7.36. The van der Waals surface area contributed by atoms with Gasteiger partial charge in [-0.25, -0.2) is 12.7 Å². The van der Waals surface area contributed by atoms with Gasteiger partial charge in [-0.2, -0.15) is 0 Å². The van der Waals surface area contributed by atoms with Gasteiger partial charge >= 0.3 is 5.97 Å². The van der Waals surface area contributed by atoms with E-state index in [4.69, 9.17) is 9.47 Å². The second kappa shape index (κ2) is 6.11. The molecular formula is C17H22N2O6S. The van der Waals surface area contributed by atoms with Crippen LogP contribution in [-0.2, 0) is 21.4 Å². The van der Waals surface area contributed by atoms with Gasteiger partial charge in [0.2, 0.25) is 10.0 Å². The molecule has 0 aliphatic carbocycles. The molecule has 0 bridgehead atoms. The van der Waals surface area contributed by atoms with E-state index in [0.29, 0.717) is 38.6 Å². The van der Waals surface area contributed by atoms with E-state index < -0.39 is 21.4 Å². The average Bonchev–Trinajstić information content (AvgIpc) is 3.09. The highest BCUT2D eigenvalue weighted by Crippen LogP contribution is 2.44. The van der Waals surface area contributed by atoms with E-state index in [1.54, 1.807) is 0 Å². The molecule has 0 saturated carbocycles. The third-order valence-corrected chi connectivity index (χ3v) is 6.77. The summed E-state index contributed by atoms with van der Waals surface area (Å²) in [4.78, 5) is 14.1. The molecule has 9 heteroatoms. The molecule has 0 spiro atoms. The Morgan fingerprint density at radius 2 is 1.96 bits per heavy atom. The van der Waals surface area contributed by atoms with Gasteiger partial charge in [0, 0.05) is 38.6 Å². The number of benzene rings is 1. The highest BCUT2D eigenvalue weighted by molar-refractivity contribution is 7.88. The molecular weight excluding hydrogens is 360 g/mol. The summed E-state index contributed by atoms with van der Waals surface area (Å²) in [5.41, 5.74) is -0.00795. The van der Waals surface area contributed by atoms with E-state index in [9.17, 15) is 18.3 Å². The third kappa shape index (κ3) is 2.93. The second-order valence-corrected chi connectivity index (χ2v) is 9.34. The molecule has 3 aliphatic rings. The number of ether oxygens (including phenoxy) is 2. The van der Waals surface area contributed by atoms with Gasteiger partial charge in [0.25, 0.3) is 0 Å². The maximum atomic E-state index is 12.0. The molecule has 1 N–H and O–H groups in total. The first kappa shape index (κ1) is 17.6. The fourth-order valence-electron chi connectivity index (χ4n) is 4.24. The topological polar surface area (TPSA) is 96.4 Å². The van der Waals surface area contributed by atoms with Crippen LogP contribution in [0.4, 0.5) is 0 Å². The molecule has 3 heterocycles. The van der Waals surface area contributed by atoms with E-state index in [2.05, 4.69) is 4.90 Å². The van der Waals surface area contributed by atoms with E-state index in [0.717, 1.165) is 17.6 Å². The molecule has 1 aromatic rings. The highest BCUT2D eigenvalue weighted by Gasteiger charge is 2.59. The molecule has 2 saturated heterocycles. The lowest BCUT2D eigenvalue weighted by Gasteiger charge is -2.25. The normalized spacial score (nSPS) is 28.9. The number of nitrogens with zero attached hydrogens (tertiary/aromatic N) is 2. The zero-order valence-corrected chi connectivity index (χ0v) is 15.4. The smallest absolute Gasteiger partial charge is 0.312 e. The monoisotopic (exact) mass is 382 g/mol. The number of aliphatic carboxylic acids is 1. The highest BCUT2D eigenvalue weighted by atomic mass is 32.2. The molecule has 2 fully saturated rings. The fourth-order valence-corrected chi connectivity index (χ4v) is 5.16. The molecule has 142 valence electrons. The Kier molecular flexibility index (Phi) is 4.13. The van der Waals surface area contributed by atoms with E-state index >= 15 is 0 Å². The molecule has 26 heavy (non-hydrogen) atoms. The molecule has 2 atom stereocenters. The van der Waals surface area contributed by atoms with Gasteiger partial charge in [-0.1, -0.05) is 6.07 Å². The maximum absolute atomic E-state index is 12.0. The SMILES string of the molecule is CS(=O)(=O)N1CC2CN(Cc3ccc4c(c3)OCCO4)CC2(C(=O)O)C1. The summed E-state index contributed by atoms with van der Waals surface area (Å²) in [5.74, 6) is 0.318. The number of carboxylic acids is 1. The molecule has 0 amide bonds. The van der Waals surface area contributed by atoms with Crippen molar-refractivity contribution in [3.05, 3.63) is 23.8 Å². The van der Waals surface area contributed by atoms with Crippen molar-refractivity contribution >= 4 is 16.0 Å². The molecule has 2 unspecified atom stereocenters. The predicted molar refractivity (Wildman–Crippen MR) is 92.7 cm³/mol. The zero-order chi connectivity index (χ0) is 18.5. The van der Waals surface area contributed by atoms with E-state index in [1.165, 1.54) is 4.31 Å². The number of hydrogen-bond donors (Lipinski definition) is 1. The van der Waals surface area contributed by atoms with Gasteiger partial charge in [0.05, 0.1) is 11.7 Å². The Hall–Kier alpha value is -1.84. The predicted octanol–water partition coefficient (Wildman–Crippen LogP) is 0.236. The Balaban J connectivity index is 1.51. The lowest BCUT2D eigenvalue weighted by atomic mass is 9.81. The van der Waals surface area contributed by atoms with Gasteiger partial charge < -0.3 is 14.6 Å². The van der Waals surface area contributed by atoms with Crippen LogP contribution in [0, 0.1) is 11.3 Å². The largest absolute Gasteiger partial charge is 0.486 e. The summed E-state index contributed by atoms with van der Waals surface area (Å²) in [5, 5.41) is 9.81. The van der Waals surface area contributed by atoms with Crippen molar-refractivity contribution in [3.8, 4) is 11.5 Å². The first-order valence-electron chi connectivity index (χ1n) is 8.57.